The molecule has 6 heteroatoms. The largest absolute Gasteiger partial charge is 0.388 e. The number of hydrogen-bond acceptors (Lipinski definition) is 5. The number of ether oxygens (including phenoxy) is 1. The first-order valence-corrected chi connectivity index (χ1v) is 8.08. The van der Waals surface area contributed by atoms with Gasteiger partial charge in [0, 0.05) is 12.1 Å². The molecule has 1 aliphatic heterocycles. The molecule has 3 N–H and O–H groups in total. The number of nitrogens with two attached hydrogens (primary N) is 1. The minimum absolute atomic E-state index is 0.0626. The highest BCUT2D eigenvalue weighted by Gasteiger charge is 2.50. The molecule has 0 aromatic carbocycles. The summed E-state index contributed by atoms with van der Waals surface area (Å²) in [6.45, 7) is 12.7. The zero-order valence-corrected chi connectivity index (χ0v) is 14.9. The van der Waals surface area contributed by atoms with E-state index in [1.54, 1.807) is 6.07 Å². The van der Waals surface area contributed by atoms with Gasteiger partial charge in [0.05, 0.1) is 6.10 Å². The molecule has 0 amide bonds. The van der Waals surface area contributed by atoms with Gasteiger partial charge in [0.1, 0.15) is 11.9 Å². The van der Waals surface area contributed by atoms with E-state index in [9.17, 15) is 9.90 Å². The summed E-state index contributed by atoms with van der Waals surface area (Å²) in [5.41, 5.74) is 4.96. The van der Waals surface area contributed by atoms with Crippen LogP contribution in [0.3, 0.4) is 0 Å². The van der Waals surface area contributed by atoms with Crippen LogP contribution in [-0.4, -0.2) is 26.9 Å². The Morgan fingerprint density at radius 3 is 2.39 bits per heavy atom. The molecule has 1 aliphatic rings. The second-order valence-corrected chi connectivity index (χ2v) is 8.75. The fourth-order valence-corrected chi connectivity index (χ4v) is 3.44. The van der Waals surface area contributed by atoms with Crippen LogP contribution in [0.15, 0.2) is 17.1 Å². The molecule has 0 radical (unpaired) electrons. The third-order valence-corrected chi connectivity index (χ3v) is 4.31. The average molecular weight is 323 g/mol. The van der Waals surface area contributed by atoms with Crippen molar-refractivity contribution in [1.82, 2.24) is 9.55 Å². The van der Waals surface area contributed by atoms with Crippen LogP contribution in [0, 0.1) is 16.7 Å². The van der Waals surface area contributed by atoms with Crippen molar-refractivity contribution < 1.29 is 9.84 Å². The van der Waals surface area contributed by atoms with E-state index in [2.05, 4.69) is 46.5 Å². The lowest BCUT2D eigenvalue weighted by Crippen LogP contribution is -2.39. The SMILES string of the molecule is CC(C)(C)CC1OC(n2ccc(N)nc2=O)C(O)C1C(C)(C)C. The molecule has 0 spiro atoms. The van der Waals surface area contributed by atoms with Gasteiger partial charge in [0.15, 0.2) is 6.23 Å². The van der Waals surface area contributed by atoms with E-state index in [1.165, 1.54) is 10.8 Å². The molecule has 130 valence electrons. The highest BCUT2D eigenvalue weighted by atomic mass is 16.5. The summed E-state index contributed by atoms with van der Waals surface area (Å²) in [5.74, 6) is 0.0912. The number of anilines is 1. The Kier molecular flexibility index (Phi) is 4.61. The second-order valence-electron chi connectivity index (χ2n) is 8.75. The number of hydrogen-bond donors (Lipinski definition) is 2. The molecule has 0 aliphatic carbocycles. The molecule has 0 bridgehead atoms. The molecular formula is C17H29N3O3. The Labute approximate surface area is 137 Å². The number of nitrogen functional groups attached to an aromatic ring is 1. The van der Waals surface area contributed by atoms with Gasteiger partial charge in [-0.1, -0.05) is 41.5 Å². The molecule has 23 heavy (non-hydrogen) atoms. The van der Waals surface area contributed by atoms with Crippen LogP contribution >= 0.6 is 0 Å². The van der Waals surface area contributed by atoms with Crippen molar-refractivity contribution in [2.45, 2.75) is 66.4 Å². The summed E-state index contributed by atoms with van der Waals surface area (Å²) in [7, 11) is 0. The van der Waals surface area contributed by atoms with Crippen molar-refractivity contribution >= 4 is 5.82 Å². The minimum atomic E-state index is -0.773. The highest BCUT2D eigenvalue weighted by molar-refractivity contribution is 5.23. The van der Waals surface area contributed by atoms with E-state index in [-0.39, 0.29) is 28.7 Å². The van der Waals surface area contributed by atoms with Crippen LogP contribution in [0.25, 0.3) is 0 Å². The van der Waals surface area contributed by atoms with E-state index in [1.807, 2.05) is 0 Å². The standard InChI is InChI=1S/C17H29N3O3/c1-16(2,3)9-10-12(17(4,5)6)13(21)14(23-10)20-8-7-11(18)19-15(20)22/h7-8,10,12-14,21H,9H2,1-6H3,(H2,18,19,22). The summed E-state index contributed by atoms with van der Waals surface area (Å²) in [5, 5.41) is 10.9. The molecule has 2 rings (SSSR count). The molecule has 1 saturated heterocycles. The summed E-state index contributed by atoms with van der Waals surface area (Å²) in [6, 6.07) is 1.54. The van der Waals surface area contributed by atoms with Crippen LogP contribution in [0.5, 0.6) is 0 Å². The molecular weight excluding hydrogens is 294 g/mol. The number of rotatable bonds is 2. The Hall–Kier alpha value is -1.40. The third kappa shape index (κ3) is 3.93. The lowest BCUT2D eigenvalue weighted by atomic mass is 9.71. The van der Waals surface area contributed by atoms with Gasteiger partial charge >= 0.3 is 5.69 Å². The van der Waals surface area contributed by atoms with Crippen molar-refractivity contribution in [2.75, 3.05) is 5.73 Å². The van der Waals surface area contributed by atoms with Gasteiger partial charge in [0.2, 0.25) is 0 Å². The molecule has 6 nitrogen and oxygen atoms in total. The fraction of sp³-hybridized carbons (Fsp3) is 0.765. The van der Waals surface area contributed by atoms with Crippen molar-refractivity contribution in [2.24, 2.45) is 16.7 Å². The molecule has 1 aromatic rings. The van der Waals surface area contributed by atoms with Crippen molar-refractivity contribution in [3.63, 3.8) is 0 Å². The molecule has 0 saturated carbocycles. The number of aliphatic hydroxyl groups excluding tert-OH is 1. The highest BCUT2D eigenvalue weighted by Crippen LogP contribution is 2.46. The van der Waals surface area contributed by atoms with Crippen molar-refractivity contribution in [3.8, 4) is 0 Å². The summed E-state index contributed by atoms with van der Waals surface area (Å²) >= 11 is 0. The zero-order valence-electron chi connectivity index (χ0n) is 14.9. The van der Waals surface area contributed by atoms with E-state index < -0.39 is 18.0 Å². The number of aliphatic hydroxyl groups is 1. The molecule has 2 heterocycles. The van der Waals surface area contributed by atoms with Gasteiger partial charge in [-0.2, -0.15) is 4.98 Å². The summed E-state index contributed by atoms with van der Waals surface area (Å²) < 4.78 is 7.46. The minimum Gasteiger partial charge on any atom is -0.388 e. The van der Waals surface area contributed by atoms with Gasteiger partial charge in [-0.15, -0.1) is 0 Å². The first-order valence-electron chi connectivity index (χ1n) is 8.08. The van der Waals surface area contributed by atoms with Crippen LogP contribution in [0.4, 0.5) is 5.82 Å². The van der Waals surface area contributed by atoms with Gasteiger partial charge in [-0.3, -0.25) is 4.57 Å². The van der Waals surface area contributed by atoms with Crippen LogP contribution in [-0.2, 0) is 4.74 Å². The molecule has 1 aromatic heterocycles. The lowest BCUT2D eigenvalue weighted by molar-refractivity contribution is -0.0495. The van der Waals surface area contributed by atoms with Gasteiger partial charge in [-0.05, 0) is 23.3 Å². The van der Waals surface area contributed by atoms with Crippen LogP contribution in [0.2, 0.25) is 0 Å². The van der Waals surface area contributed by atoms with Crippen molar-refractivity contribution in [1.29, 1.82) is 0 Å². The monoisotopic (exact) mass is 323 g/mol. The fourth-order valence-electron chi connectivity index (χ4n) is 3.44. The summed E-state index contributed by atoms with van der Waals surface area (Å²) in [4.78, 5) is 15.8. The Balaban J connectivity index is 2.38. The van der Waals surface area contributed by atoms with Gasteiger partial charge in [-0.25, -0.2) is 4.79 Å². The normalized spacial score (nSPS) is 29.0. The quantitative estimate of drug-likeness (QED) is 0.870. The van der Waals surface area contributed by atoms with Gasteiger partial charge < -0.3 is 15.6 Å². The maximum Gasteiger partial charge on any atom is 0.351 e. The first-order chi connectivity index (χ1) is 10.4. The smallest absolute Gasteiger partial charge is 0.351 e. The topological polar surface area (TPSA) is 90.4 Å². The second kappa shape index (κ2) is 5.91. The molecule has 4 atom stereocenters. The Bertz CT molecular complexity index is 613. The van der Waals surface area contributed by atoms with E-state index in [0.29, 0.717) is 0 Å². The Morgan fingerprint density at radius 1 is 1.30 bits per heavy atom. The maximum atomic E-state index is 12.1. The molecule has 4 unspecified atom stereocenters. The summed E-state index contributed by atoms with van der Waals surface area (Å²) in [6.07, 6.45) is 0.717. The van der Waals surface area contributed by atoms with E-state index in [0.717, 1.165) is 6.42 Å². The average Bonchev–Trinajstić information content (AvgIpc) is 2.63. The Morgan fingerprint density at radius 2 is 1.91 bits per heavy atom. The van der Waals surface area contributed by atoms with E-state index >= 15 is 0 Å². The molecule has 1 fully saturated rings. The van der Waals surface area contributed by atoms with Crippen molar-refractivity contribution in [3.05, 3.63) is 22.7 Å². The number of nitrogens with zero attached hydrogens (tertiary/aromatic N) is 2. The van der Waals surface area contributed by atoms with Crippen LogP contribution in [0.1, 0.15) is 54.2 Å². The van der Waals surface area contributed by atoms with Gasteiger partial charge in [0.25, 0.3) is 0 Å². The van der Waals surface area contributed by atoms with E-state index in [4.69, 9.17) is 10.5 Å². The number of aromatic nitrogens is 2. The van der Waals surface area contributed by atoms with Crippen LogP contribution < -0.4 is 11.4 Å². The lowest BCUT2D eigenvalue weighted by Gasteiger charge is -2.35. The first kappa shape index (κ1) is 17.9. The third-order valence-electron chi connectivity index (χ3n) is 4.31. The predicted octanol–water partition coefficient (Wildman–Crippen LogP) is 2.18. The predicted molar refractivity (Wildman–Crippen MR) is 89.8 cm³/mol. The zero-order chi connectivity index (χ0) is 17.6. The maximum absolute atomic E-state index is 12.1.